The zero-order chi connectivity index (χ0) is 17.9. The lowest BCUT2D eigenvalue weighted by Crippen LogP contribution is -2.31. The van der Waals surface area contributed by atoms with Crippen molar-refractivity contribution in [1.29, 1.82) is 0 Å². The molecule has 0 spiro atoms. The van der Waals surface area contributed by atoms with Crippen molar-refractivity contribution in [3.63, 3.8) is 0 Å². The summed E-state index contributed by atoms with van der Waals surface area (Å²) in [7, 11) is 7.13. The molecule has 2 rings (SSSR count). The van der Waals surface area contributed by atoms with Crippen LogP contribution in [0.3, 0.4) is 0 Å². The molecule has 1 aromatic heterocycles. The number of thiocarbonyl (C=S) groups is 1. The van der Waals surface area contributed by atoms with E-state index in [1.165, 1.54) is 5.56 Å². The number of nitrogens with one attached hydrogen (secondary N) is 1. The summed E-state index contributed by atoms with van der Waals surface area (Å²) < 4.78 is 12.5. The minimum absolute atomic E-state index is 0.630. The van der Waals surface area contributed by atoms with E-state index in [1.54, 1.807) is 14.2 Å². The Morgan fingerprint density at radius 1 is 1.25 bits per heavy atom. The van der Waals surface area contributed by atoms with Crippen molar-refractivity contribution in [3.8, 4) is 11.5 Å². The molecule has 0 unspecified atom stereocenters. The van der Waals surface area contributed by atoms with Crippen molar-refractivity contribution >= 4 is 23.0 Å². The van der Waals surface area contributed by atoms with E-state index >= 15 is 0 Å². The standard InChI is InChI=1S/C17H24N4O2S/c1-11-14(12(2)21(4)19-11)10-20(3)17(24)18-13-7-8-15(22-5)16(9-13)23-6/h7-9H,10H2,1-6H3,(H,18,24). The Morgan fingerprint density at radius 3 is 2.46 bits per heavy atom. The van der Waals surface area contributed by atoms with E-state index in [0.717, 1.165) is 17.1 Å². The molecule has 1 N–H and O–H groups in total. The number of methoxy groups -OCH3 is 2. The number of hydrogen-bond acceptors (Lipinski definition) is 4. The summed E-state index contributed by atoms with van der Waals surface area (Å²) in [5.74, 6) is 1.34. The van der Waals surface area contributed by atoms with Crippen LogP contribution in [0.1, 0.15) is 17.0 Å². The molecule has 0 aliphatic heterocycles. The maximum atomic E-state index is 5.51. The van der Waals surface area contributed by atoms with Crippen molar-refractivity contribution < 1.29 is 9.47 Å². The zero-order valence-corrected chi connectivity index (χ0v) is 15.8. The second-order valence-electron chi connectivity index (χ2n) is 5.63. The summed E-state index contributed by atoms with van der Waals surface area (Å²) in [6.07, 6.45) is 0. The van der Waals surface area contributed by atoms with Gasteiger partial charge in [0.05, 0.1) is 19.9 Å². The molecular formula is C17H24N4O2S. The number of rotatable bonds is 5. The van der Waals surface area contributed by atoms with Gasteiger partial charge in [-0.3, -0.25) is 4.68 Å². The van der Waals surface area contributed by atoms with Gasteiger partial charge in [-0.1, -0.05) is 0 Å². The Labute approximate surface area is 148 Å². The molecule has 1 aromatic carbocycles. The molecule has 24 heavy (non-hydrogen) atoms. The van der Waals surface area contributed by atoms with Crippen molar-refractivity contribution in [3.05, 3.63) is 35.2 Å². The van der Waals surface area contributed by atoms with Gasteiger partial charge in [-0.05, 0) is 38.2 Å². The highest BCUT2D eigenvalue weighted by atomic mass is 32.1. The number of nitrogens with zero attached hydrogens (tertiary/aromatic N) is 3. The lowest BCUT2D eigenvalue weighted by atomic mass is 10.2. The molecule has 7 heteroatoms. The first-order chi connectivity index (χ1) is 11.4. The van der Waals surface area contributed by atoms with Gasteiger partial charge in [-0.25, -0.2) is 0 Å². The molecule has 2 aromatic rings. The minimum atomic E-state index is 0.630. The van der Waals surface area contributed by atoms with Crippen LogP contribution in [0.2, 0.25) is 0 Å². The summed E-state index contributed by atoms with van der Waals surface area (Å²) in [6.45, 7) is 4.78. The van der Waals surface area contributed by atoms with Gasteiger partial charge in [0.25, 0.3) is 0 Å². The summed E-state index contributed by atoms with van der Waals surface area (Å²) >= 11 is 5.51. The number of aromatic nitrogens is 2. The first kappa shape index (κ1) is 18.1. The fourth-order valence-corrected chi connectivity index (χ4v) is 2.67. The molecule has 0 radical (unpaired) electrons. The Kier molecular flexibility index (Phi) is 5.66. The van der Waals surface area contributed by atoms with Gasteiger partial charge < -0.3 is 19.7 Å². The van der Waals surface area contributed by atoms with Gasteiger partial charge >= 0.3 is 0 Å². The molecule has 0 atom stereocenters. The van der Waals surface area contributed by atoms with Crippen LogP contribution in [0, 0.1) is 13.8 Å². The number of benzene rings is 1. The molecule has 0 saturated heterocycles. The highest BCUT2D eigenvalue weighted by Crippen LogP contribution is 2.29. The quantitative estimate of drug-likeness (QED) is 0.839. The fraction of sp³-hybridized carbons (Fsp3) is 0.412. The van der Waals surface area contributed by atoms with Gasteiger partial charge in [-0.15, -0.1) is 0 Å². The molecular weight excluding hydrogens is 324 g/mol. The Bertz CT molecular complexity index is 742. The maximum absolute atomic E-state index is 5.51. The van der Waals surface area contributed by atoms with E-state index in [2.05, 4.69) is 17.3 Å². The number of anilines is 1. The van der Waals surface area contributed by atoms with E-state index in [0.29, 0.717) is 23.2 Å². The van der Waals surface area contributed by atoms with E-state index in [1.807, 2.05) is 48.8 Å². The average Bonchev–Trinajstić information content (AvgIpc) is 2.80. The molecule has 0 bridgehead atoms. The second-order valence-corrected chi connectivity index (χ2v) is 6.02. The lowest BCUT2D eigenvalue weighted by Gasteiger charge is -2.22. The molecule has 130 valence electrons. The van der Waals surface area contributed by atoms with Crippen LogP contribution in [0.4, 0.5) is 5.69 Å². The summed E-state index contributed by atoms with van der Waals surface area (Å²) in [5, 5.41) is 8.30. The zero-order valence-electron chi connectivity index (χ0n) is 15.0. The monoisotopic (exact) mass is 348 g/mol. The molecule has 0 fully saturated rings. The van der Waals surface area contributed by atoms with Crippen LogP contribution >= 0.6 is 12.2 Å². The Hall–Kier alpha value is -2.28. The summed E-state index contributed by atoms with van der Waals surface area (Å²) in [4.78, 5) is 1.99. The third-order valence-electron chi connectivity index (χ3n) is 4.04. The van der Waals surface area contributed by atoms with Gasteiger partial charge in [0.1, 0.15) is 0 Å². The Balaban J connectivity index is 2.09. The maximum Gasteiger partial charge on any atom is 0.173 e. The smallest absolute Gasteiger partial charge is 0.173 e. The summed E-state index contributed by atoms with van der Waals surface area (Å²) in [5.41, 5.74) is 4.21. The van der Waals surface area contributed by atoms with Crippen LogP contribution < -0.4 is 14.8 Å². The van der Waals surface area contributed by atoms with Gasteiger partial charge in [0.2, 0.25) is 0 Å². The van der Waals surface area contributed by atoms with Crippen molar-refractivity contribution in [2.75, 3.05) is 26.6 Å². The molecule has 6 nitrogen and oxygen atoms in total. The minimum Gasteiger partial charge on any atom is -0.493 e. The fourth-order valence-electron chi connectivity index (χ4n) is 2.49. The molecule has 1 heterocycles. The highest BCUT2D eigenvalue weighted by molar-refractivity contribution is 7.80. The average molecular weight is 348 g/mol. The predicted octanol–water partition coefficient (Wildman–Crippen LogP) is 2.88. The number of aryl methyl sites for hydroxylation is 2. The van der Waals surface area contributed by atoms with Crippen LogP contribution in [-0.4, -0.2) is 41.1 Å². The van der Waals surface area contributed by atoms with E-state index in [4.69, 9.17) is 21.7 Å². The Morgan fingerprint density at radius 2 is 1.92 bits per heavy atom. The van der Waals surface area contributed by atoms with E-state index in [9.17, 15) is 0 Å². The third kappa shape index (κ3) is 3.79. The second kappa shape index (κ2) is 7.53. The first-order valence-corrected chi connectivity index (χ1v) is 8.01. The number of ether oxygens (including phenoxy) is 2. The third-order valence-corrected chi connectivity index (χ3v) is 4.45. The van der Waals surface area contributed by atoms with Crippen molar-refractivity contribution in [2.45, 2.75) is 20.4 Å². The molecule has 0 saturated carbocycles. The predicted molar refractivity (Wildman–Crippen MR) is 99.9 cm³/mol. The van der Waals surface area contributed by atoms with Gasteiger partial charge in [0.15, 0.2) is 16.6 Å². The topological polar surface area (TPSA) is 51.5 Å². The molecule has 0 aliphatic rings. The van der Waals surface area contributed by atoms with Crippen LogP contribution in [0.15, 0.2) is 18.2 Å². The lowest BCUT2D eigenvalue weighted by molar-refractivity contribution is 0.355. The first-order valence-electron chi connectivity index (χ1n) is 7.60. The van der Waals surface area contributed by atoms with Crippen LogP contribution in [0.5, 0.6) is 11.5 Å². The van der Waals surface area contributed by atoms with Crippen molar-refractivity contribution in [2.24, 2.45) is 7.05 Å². The number of hydrogen-bond donors (Lipinski definition) is 1. The summed E-state index contributed by atoms with van der Waals surface area (Å²) in [6, 6.07) is 5.61. The van der Waals surface area contributed by atoms with Crippen LogP contribution in [0.25, 0.3) is 0 Å². The van der Waals surface area contributed by atoms with Crippen molar-refractivity contribution in [1.82, 2.24) is 14.7 Å². The SMILES string of the molecule is COc1ccc(NC(=S)N(C)Cc2c(C)nn(C)c2C)cc1OC. The highest BCUT2D eigenvalue weighted by Gasteiger charge is 2.14. The van der Waals surface area contributed by atoms with Gasteiger partial charge in [0, 0.05) is 43.7 Å². The van der Waals surface area contributed by atoms with E-state index in [-0.39, 0.29) is 0 Å². The largest absolute Gasteiger partial charge is 0.493 e. The molecule has 0 amide bonds. The van der Waals surface area contributed by atoms with Crippen LogP contribution in [-0.2, 0) is 13.6 Å². The normalized spacial score (nSPS) is 10.4. The van der Waals surface area contributed by atoms with E-state index < -0.39 is 0 Å². The molecule has 0 aliphatic carbocycles. The van der Waals surface area contributed by atoms with Gasteiger partial charge in [-0.2, -0.15) is 5.10 Å².